The number of aromatic nitrogens is 1. The van der Waals surface area contributed by atoms with Crippen LogP contribution in [0.4, 0.5) is 5.82 Å². The molecule has 0 bridgehead atoms. The van der Waals surface area contributed by atoms with E-state index in [1.165, 1.54) is 12.0 Å². The maximum Gasteiger partial charge on any atom is 0.328 e. The normalized spacial score (nSPS) is 23.2. The SMILES string of the molecule is CC1(C)CCOC(c2ccccc2C(C(=O)OC(C)(C)C)N2CC[C@@H](OCCCCc3ccc4c(n3)NCCC4)C2)C1. The number of esters is 1. The van der Waals surface area contributed by atoms with Gasteiger partial charge in [-0.15, -0.1) is 0 Å². The Morgan fingerprint density at radius 1 is 1.19 bits per heavy atom. The van der Waals surface area contributed by atoms with Crippen LogP contribution in [0.25, 0.3) is 0 Å². The van der Waals surface area contributed by atoms with Gasteiger partial charge in [0.1, 0.15) is 17.5 Å². The molecule has 0 saturated carbocycles. The van der Waals surface area contributed by atoms with Crippen LogP contribution in [-0.2, 0) is 31.8 Å². The summed E-state index contributed by atoms with van der Waals surface area (Å²) in [6.45, 7) is 14.4. The molecule has 230 valence electrons. The predicted molar refractivity (Wildman–Crippen MR) is 167 cm³/mol. The zero-order chi connectivity index (χ0) is 29.7. The summed E-state index contributed by atoms with van der Waals surface area (Å²) in [4.78, 5) is 20.9. The number of rotatable bonds is 10. The number of pyridine rings is 1. The van der Waals surface area contributed by atoms with Crippen molar-refractivity contribution in [3.63, 3.8) is 0 Å². The van der Waals surface area contributed by atoms with Gasteiger partial charge in [0.25, 0.3) is 0 Å². The molecule has 0 aliphatic carbocycles. The molecule has 2 unspecified atom stereocenters. The highest BCUT2D eigenvalue weighted by atomic mass is 16.6. The molecule has 2 fully saturated rings. The van der Waals surface area contributed by atoms with Crippen molar-refractivity contribution in [2.75, 3.05) is 38.2 Å². The van der Waals surface area contributed by atoms with Crippen molar-refractivity contribution < 1.29 is 19.0 Å². The van der Waals surface area contributed by atoms with E-state index in [1.54, 1.807) is 0 Å². The van der Waals surface area contributed by atoms with Gasteiger partial charge in [0, 0.05) is 38.5 Å². The second kappa shape index (κ2) is 13.4. The molecule has 0 radical (unpaired) electrons. The van der Waals surface area contributed by atoms with E-state index >= 15 is 0 Å². The molecular weight excluding hydrogens is 526 g/mol. The molecule has 1 aromatic carbocycles. The van der Waals surface area contributed by atoms with Gasteiger partial charge in [-0.2, -0.15) is 0 Å². The molecule has 3 atom stereocenters. The van der Waals surface area contributed by atoms with E-state index in [9.17, 15) is 4.79 Å². The quantitative estimate of drug-likeness (QED) is 0.246. The number of anilines is 1. The van der Waals surface area contributed by atoms with E-state index in [4.69, 9.17) is 19.2 Å². The van der Waals surface area contributed by atoms with Crippen molar-refractivity contribution in [2.24, 2.45) is 5.41 Å². The van der Waals surface area contributed by atoms with Gasteiger partial charge in [-0.05, 0) is 100 Å². The number of unbranched alkanes of at least 4 members (excludes halogenated alkanes) is 1. The highest BCUT2D eigenvalue weighted by molar-refractivity contribution is 5.78. The first-order chi connectivity index (χ1) is 20.1. The minimum absolute atomic E-state index is 0.0232. The lowest BCUT2D eigenvalue weighted by molar-refractivity contribution is -0.161. The molecule has 3 aliphatic rings. The van der Waals surface area contributed by atoms with Gasteiger partial charge >= 0.3 is 5.97 Å². The number of likely N-dealkylation sites (tertiary alicyclic amines) is 1. The molecule has 0 amide bonds. The Hall–Kier alpha value is -2.48. The number of carbonyl (C=O) groups is 1. The summed E-state index contributed by atoms with van der Waals surface area (Å²) in [5, 5.41) is 3.43. The number of nitrogens with one attached hydrogen (secondary N) is 1. The highest BCUT2D eigenvalue weighted by Crippen LogP contribution is 2.43. The Balaban J connectivity index is 1.20. The summed E-state index contributed by atoms with van der Waals surface area (Å²) in [5.74, 6) is 0.874. The number of benzene rings is 1. The Morgan fingerprint density at radius 2 is 2.02 bits per heavy atom. The molecule has 7 nitrogen and oxygen atoms in total. The highest BCUT2D eigenvalue weighted by Gasteiger charge is 2.40. The third-order valence-electron chi connectivity index (χ3n) is 8.78. The first-order valence-electron chi connectivity index (χ1n) is 16.1. The van der Waals surface area contributed by atoms with Crippen LogP contribution in [0, 0.1) is 5.41 Å². The molecule has 0 spiro atoms. The van der Waals surface area contributed by atoms with Gasteiger partial charge < -0.3 is 19.5 Å². The summed E-state index contributed by atoms with van der Waals surface area (Å²) in [5.41, 5.74) is 4.24. The second-order valence-corrected chi connectivity index (χ2v) is 14.1. The third kappa shape index (κ3) is 8.12. The molecule has 2 aromatic rings. The lowest BCUT2D eigenvalue weighted by Gasteiger charge is -2.38. The zero-order valence-electron chi connectivity index (χ0n) is 26.4. The van der Waals surface area contributed by atoms with Crippen molar-refractivity contribution in [2.45, 2.75) is 110 Å². The fourth-order valence-corrected chi connectivity index (χ4v) is 6.51. The largest absolute Gasteiger partial charge is 0.459 e. The number of carbonyl (C=O) groups excluding carboxylic acids is 1. The van der Waals surface area contributed by atoms with Crippen molar-refractivity contribution in [3.8, 4) is 0 Å². The van der Waals surface area contributed by atoms with Crippen molar-refractivity contribution in [1.82, 2.24) is 9.88 Å². The van der Waals surface area contributed by atoms with E-state index in [1.807, 2.05) is 26.8 Å². The Labute approximate surface area is 252 Å². The van der Waals surface area contributed by atoms with Crippen LogP contribution in [0.3, 0.4) is 0 Å². The topological polar surface area (TPSA) is 72.9 Å². The van der Waals surface area contributed by atoms with Gasteiger partial charge in [0.2, 0.25) is 0 Å². The molecule has 4 heterocycles. The zero-order valence-corrected chi connectivity index (χ0v) is 26.4. The van der Waals surface area contributed by atoms with Gasteiger partial charge in [-0.25, -0.2) is 9.78 Å². The lowest BCUT2D eigenvalue weighted by atomic mass is 9.79. The fourth-order valence-electron chi connectivity index (χ4n) is 6.51. The Morgan fingerprint density at radius 3 is 2.83 bits per heavy atom. The lowest BCUT2D eigenvalue weighted by Crippen LogP contribution is -2.39. The molecule has 5 rings (SSSR count). The average Bonchev–Trinajstić information content (AvgIpc) is 3.40. The number of hydrogen-bond acceptors (Lipinski definition) is 7. The summed E-state index contributed by atoms with van der Waals surface area (Å²) >= 11 is 0. The smallest absolute Gasteiger partial charge is 0.328 e. The third-order valence-corrected chi connectivity index (χ3v) is 8.78. The maximum absolute atomic E-state index is 13.8. The van der Waals surface area contributed by atoms with Crippen LogP contribution in [-0.4, -0.2) is 60.4 Å². The standard InChI is InChI=1S/C35H51N3O4/c1-34(2,3)42-33(39)31(29-14-7-6-13-28(29)30-23-35(4,5)18-22-41-30)38-20-17-27(24-38)40-21-9-8-12-26-16-15-25-11-10-19-36-32(25)37-26/h6-7,13-16,27,30-31H,8-12,17-24H2,1-5H3,(H,36,37)/t27-,30?,31?/m1/s1. The van der Waals surface area contributed by atoms with Crippen LogP contribution in [0.1, 0.15) is 108 Å². The van der Waals surface area contributed by atoms with Gasteiger partial charge in [0.15, 0.2) is 0 Å². The van der Waals surface area contributed by atoms with Gasteiger partial charge in [0.05, 0.1) is 12.2 Å². The molecule has 1 aromatic heterocycles. The second-order valence-electron chi connectivity index (χ2n) is 14.1. The number of hydrogen-bond donors (Lipinski definition) is 1. The van der Waals surface area contributed by atoms with Crippen LogP contribution >= 0.6 is 0 Å². The molecule has 1 N–H and O–H groups in total. The first kappa shape index (κ1) is 31.0. The number of aryl methyl sites for hydroxylation is 2. The van der Waals surface area contributed by atoms with E-state index in [2.05, 4.69) is 54.4 Å². The minimum atomic E-state index is -0.563. The van der Waals surface area contributed by atoms with Crippen molar-refractivity contribution in [3.05, 3.63) is 58.8 Å². The molecule has 3 aliphatic heterocycles. The summed E-state index contributed by atoms with van der Waals surface area (Å²) < 4.78 is 18.6. The average molecular weight is 578 g/mol. The van der Waals surface area contributed by atoms with Gasteiger partial charge in [-0.1, -0.05) is 44.2 Å². The molecule has 2 saturated heterocycles. The predicted octanol–water partition coefficient (Wildman–Crippen LogP) is 6.81. The van der Waals surface area contributed by atoms with Crippen LogP contribution < -0.4 is 5.32 Å². The molecular formula is C35H51N3O4. The van der Waals surface area contributed by atoms with Crippen molar-refractivity contribution in [1.29, 1.82) is 0 Å². The van der Waals surface area contributed by atoms with E-state index in [0.717, 1.165) is 93.9 Å². The van der Waals surface area contributed by atoms with E-state index in [0.29, 0.717) is 6.54 Å². The molecule has 7 heteroatoms. The van der Waals surface area contributed by atoms with E-state index < -0.39 is 11.6 Å². The summed E-state index contributed by atoms with van der Waals surface area (Å²) in [6, 6.07) is 12.2. The first-order valence-corrected chi connectivity index (χ1v) is 16.1. The summed E-state index contributed by atoms with van der Waals surface area (Å²) in [6.07, 6.45) is 8.30. The Kier molecular flexibility index (Phi) is 9.91. The van der Waals surface area contributed by atoms with Crippen LogP contribution in [0.5, 0.6) is 0 Å². The monoisotopic (exact) mass is 577 g/mol. The van der Waals surface area contributed by atoms with Crippen LogP contribution in [0.2, 0.25) is 0 Å². The van der Waals surface area contributed by atoms with Crippen LogP contribution in [0.15, 0.2) is 36.4 Å². The maximum atomic E-state index is 13.8. The number of nitrogens with zero attached hydrogens (tertiary/aromatic N) is 2. The Bertz CT molecular complexity index is 1210. The minimum Gasteiger partial charge on any atom is -0.459 e. The number of fused-ring (bicyclic) bond motifs is 1. The van der Waals surface area contributed by atoms with E-state index in [-0.39, 0.29) is 23.6 Å². The number of ether oxygens (including phenoxy) is 3. The molecule has 42 heavy (non-hydrogen) atoms. The fraction of sp³-hybridized carbons (Fsp3) is 0.657. The van der Waals surface area contributed by atoms with Crippen molar-refractivity contribution >= 4 is 11.8 Å². The van der Waals surface area contributed by atoms with Gasteiger partial charge in [-0.3, -0.25) is 4.90 Å². The summed E-state index contributed by atoms with van der Waals surface area (Å²) in [7, 11) is 0.